The van der Waals surface area contributed by atoms with E-state index in [2.05, 4.69) is 5.32 Å². The van der Waals surface area contributed by atoms with Gasteiger partial charge in [0.2, 0.25) is 0 Å². The molecule has 1 N–H and O–H groups in total. The summed E-state index contributed by atoms with van der Waals surface area (Å²) in [4.78, 5) is 12.6. The van der Waals surface area contributed by atoms with Gasteiger partial charge in [-0.15, -0.1) is 4.73 Å². The van der Waals surface area contributed by atoms with Gasteiger partial charge in [-0.05, 0) is 12.1 Å². The molecule has 1 amide bonds. The molecule has 0 atom stereocenters. The highest BCUT2D eigenvalue weighted by Crippen LogP contribution is 2.23. The minimum Gasteiger partial charge on any atom is -0.618 e. The Kier molecular flexibility index (Phi) is 3.91. The fraction of sp³-hybridized carbons (Fsp3) is 0.118. The Morgan fingerprint density at radius 1 is 1.00 bits per heavy atom. The van der Waals surface area contributed by atoms with Crippen LogP contribution in [0.15, 0.2) is 48.5 Å². The quantitative estimate of drug-likeness (QED) is 0.586. The molecular weight excluding hydrogens is 310 g/mol. The summed E-state index contributed by atoms with van der Waals surface area (Å²) >= 11 is 0. The normalized spacial score (nSPS) is 10.6. The van der Waals surface area contributed by atoms with Gasteiger partial charge in [0.25, 0.3) is 16.7 Å². The molecule has 0 aliphatic rings. The molecule has 3 rings (SSSR count). The van der Waals surface area contributed by atoms with Crippen molar-refractivity contribution in [3.05, 3.63) is 70.3 Å². The van der Waals surface area contributed by atoms with Crippen molar-refractivity contribution in [1.82, 2.24) is 0 Å². The molecule has 0 aliphatic heterocycles. The third-order valence-electron chi connectivity index (χ3n) is 3.74. The second-order valence-corrected chi connectivity index (χ2v) is 5.17. The Hall–Kier alpha value is -3.35. The van der Waals surface area contributed by atoms with Crippen molar-refractivity contribution in [2.24, 2.45) is 0 Å². The summed E-state index contributed by atoms with van der Waals surface area (Å²) in [5, 5.41) is 27.5. The van der Waals surface area contributed by atoms with E-state index in [1.165, 1.54) is 26.2 Å². The van der Waals surface area contributed by atoms with Crippen molar-refractivity contribution in [3.8, 4) is 5.75 Å². The maximum atomic E-state index is 12.6. The summed E-state index contributed by atoms with van der Waals surface area (Å²) in [6, 6.07) is 13.1. The lowest BCUT2D eigenvalue weighted by Gasteiger charge is -2.12. The highest BCUT2D eigenvalue weighted by Gasteiger charge is 2.31. The molecule has 7 heteroatoms. The number of hydrogen-bond acceptors (Lipinski definition) is 4. The molecule has 0 bridgehead atoms. The van der Waals surface area contributed by atoms with Crippen LogP contribution in [-0.2, 0) is 0 Å². The van der Waals surface area contributed by atoms with Gasteiger partial charge in [0.05, 0.1) is 12.8 Å². The number of fused-ring (bicyclic) bond motifs is 1. The molecule has 0 aliphatic carbocycles. The van der Waals surface area contributed by atoms with Crippen LogP contribution < -0.4 is 19.5 Å². The number of ether oxygens (including phenoxy) is 1. The van der Waals surface area contributed by atoms with Crippen LogP contribution in [0.4, 0.5) is 5.69 Å². The zero-order valence-electron chi connectivity index (χ0n) is 13.1. The van der Waals surface area contributed by atoms with Gasteiger partial charge in [0.1, 0.15) is 5.75 Å². The fourth-order valence-corrected chi connectivity index (χ4v) is 2.54. The molecule has 0 radical (unpaired) electrons. The van der Waals surface area contributed by atoms with E-state index in [4.69, 9.17) is 4.74 Å². The number of carbonyl (C=O) groups is 1. The Balaban J connectivity index is 2.10. The van der Waals surface area contributed by atoms with Gasteiger partial charge in [-0.1, -0.05) is 24.3 Å². The monoisotopic (exact) mass is 325 g/mol. The van der Waals surface area contributed by atoms with Crippen LogP contribution >= 0.6 is 0 Å². The topological polar surface area (TPSA) is 92.2 Å². The molecule has 0 spiro atoms. The number of nitrogens with one attached hydrogen (secondary N) is 1. The number of nitrogens with zero attached hydrogens (tertiary/aromatic N) is 2. The molecule has 0 saturated carbocycles. The number of carbonyl (C=O) groups excluding carboxylic acids is 1. The van der Waals surface area contributed by atoms with Gasteiger partial charge in [-0.25, -0.2) is 0 Å². The lowest BCUT2D eigenvalue weighted by atomic mass is 10.2. The van der Waals surface area contributed by atoms with E-state index in [1.54, 1.807) is 36.4 Å². The maximum absolute atomic E-state index is 12.6. The number of methoxy groups -OCH3 is 1. The number of benzene rings is 2. The summed E-state index contributed by atoms with van der Waals surface area (Å²) in [6.45, 7) is 1.44. The van der Waals surface area contributed by atoms with E-state index in [1.807, 2.05) is 0 Å². The summed E-state index contributed by atoms with van der Waals surface area (Å²) in [6.07, 6.45) is 0. The van der Waals surface area contributed by atoms with E-state index in [9.17, 15) is 15.2 Å². The average Bonchev–Trinajstić information content (AvgIpc) is 2.60. The predicted octanol–water partition coefficient (Wildman–Crippen LogP) is 1.68. The highest BCUT2D eigenvalue weighted by atomic mass is 16.5. The molecule has 0 unspecified atom stereocenters. The third-order valence-corrected chi connectivity index (χ3v) is 3.74. The van der Waals surface area contributed by atoms with Crippen molar-refractivity contribution >= 4 is 22.6 Å². The second-order valence-electron chi connectivity index (χ2n) is 5.17. The molecule has 0 saturated heterocycles. The Morgan fingerprint density at radius 3 is 2.25 bits per heavy atom. The van der Waals surface area contributed by atoms with Gasteiger partial charge in [0.15, 0.2) is 0 Å². The van der Waals surface area contributed by atoms with Gasteiger partial charge >= 0.3 is 11.6 Å². The highest BCUT2D eigenvalue weighted by molar-refractivity contribution is 6.03. The first-order valence-electron chi connectivity index (χ1n) is 7.23. The van der Waals surface area contributed by atoms with Crippen LogP contribution in [0, 0.1) is 17.3 Å². The van der Waals surface area contributed by atoms with Gasteiger partial charge < -0.3 is 20.5 Å². The molecule has 1 aromatic heterocycles. The number of aromatic nitrogens is 2. The molecule has 122 valence electrons. The largest absolute Gasteiger partial charge is 0.618 e. The molecule has 0 fully saturated rings. The number of para-hydroxylation sites is 4. The SMILES string of the molecule is COc1ccccc1NC(=O)c1c(C)[n+]([O-])c2ccccc2[n+]1[O-]. The maximum Gasteiger partial charge on any atom is 0.351 e. The van der Waals surface area contributed by atoms with Crippen LogP contribution in [-0.4, -0.2) is 13.0 Å². The molecule has 3 aromatic rings. The number of anilines is 1. The molecule has 24 heavy (non-hydrogen) atoms. The minimum absolute atomic E-state index is 0.0242. The van der Waals surface area contributed by atoms with Crippen LogP contribution in [0.25, 0.3) is 11.0 Å². The summed E-state index contributed by atoms with van der Waals surface area (Å²) in [7, 11) is 1.48. The summed E-state index contributed by atoms with van der Waals surface area (Å²) < 4.78 is 6.23. The van der Waals surface area contributed by atoms with Crippen molar-refractivity contribution < 1.29 is 19.0 Å². The number of rotatable bonds is 3. The first-order valence-corrected chi connectivity index (χ1v) is 7.23. The smallest absolute Gasteiger partial charge is 0.351 e. The average molecular weight is 325 g/mol. The lowest BCUT2D eigenvalue weighted by molar-refractivity contribution is -0.635. The Bertz CT molecular complexity index is 941. The van der Waals surface area contributed by atoms with Crippen LogP contribution in [0.2, 0.25) is 0 Å². The van der Waals surface area contributed by atoms with E-state index >= 15 is 0 Å². The number of hydrogen-bond donors (Lipinski definition) is 1. The van der Waals surface area contributed by atoms with E-state index in [0.29, 0.717) is 20.9 Å². The molecule has 1 heterocycles. The van der Waals surface area contributed by atoms with E-state index < -0.39 is 5.91 Å². The van der Waals surface area contributed by atoms with Crippen molar-refractivity contribution in [3.63, 3.8) is 0 Å². The Labute approximate surface area is 137 Å². The second kappa shape index (κ2) is 6.04. The first kappa shape index (κ1) is 15.5. The van der Waals surface area contributed by atoms with E-state index in [0.717, 1.165) is 0 Å². The van der Waals surface area contributed by atoms with Crippen molar-refractivity contribution in [2.45, 2.75) is 6.92 Å². The van der Waals surface area contributed by atoms with Crippen molar-refractivity contribution in [2.75, 3.05) is 12.4 Å². The lowest BCUT2D eigenvalue weighted by Crippen LogP contribution is -2.47. The number of amides is 1. The summed E-state index contributed by atoms with van der Waals surface area (Å²) in [5.41, 5.74) is 0.517. The van der Waals surface area contributed by atoms with Crippen LogP contribution in [0.3, 0.4) is 0 Å². The molecular formula is C17H15N3O4. The predicted molar refractivity (Wildman–Crippen MR) is 87.6 cm³/mol. The van der Waals surface area contributed by atoms with Crippen LogP contribution in [0.5, 0.6) is 5.75 Å². The van der Waals surface area contributed by atoms with Gasteiger partial charge in [-0.3, -0.25) is 4.79 Å². The molecule has 2 aromatic carbocycles. The van der Waals surface area contributed by atoms with E-state index in [-0.39, 0.29) is 22.4 Å². The fourth-order valence-electron chi connectivity index (χ4n) is 2.54. The Morgan fingerprint density at radius 2 is 1.58 bits per heavy atom. The first-order chi connectivity index (χ1) is 11.5. The minimum atomic E-state index is -0.678. The van der Waals surface area contributed by atoms with Crippen molar-refractivity contribution in [1.29, 1.82) is 0 Å². The van der Waals surface area contributed by atoms with Gasteiger partial charge in [-0.2, -0.15) is 4.73 Å². The van der Waals surface area contributed by atoms with Gasteiger partial charge in [0, 0.05) is 19.1 Å². The zero-order chi connectivity index (χ0) is 17.3. The third kappa shape index (κ3) is 2.45. The standard InChI is InChI=1S/C17H15N3O4/c1-11-16(17(21)18-12-7-3-6-10-15(12)24-2)20(23)14-9-5-4-8-13(14)19(11)22/h3-10H,1-2H3,(H,18,21). The van der Waals surface area contributed by atoms with Crippen LogP contribution in [0.1, 0.15) is 16.2 Å². The zero-order valence-corrected chi connectivity index (χ0v) is 13.1. The summed E-state index contributed by atoms with van der Waals surface area (Å²) in [5.74, 6) is -0.223. The molecule has 7 nitrogen and oxygen atoms in total.